The third kappa shape index (κ3) is 2.59. The van der Waals surface area contributed by atoms with Crippen molar-refractivity contribution in [3.8, 4) is 11.3 Å². The Kier molecular flexibility index (Phi) is 3.56. The zero-order chi connectivity index (χ0) is 14.8. The number of carbonyl (C=O) groups is 1. The number of fused-ring (bicyclic) bond motifs is 1. The fraction of sp³-hybridized carbons (Fsp3) is 0. The second-order valence-corrected chi connectivity index (χ2v) is 4.99. The van der Waals surface area contributed by atoms with Crippen LogP contribution in [0.3, 0.4) is 0 Å². The molecule has 0 saturated carbocycles. The van der Waals surface area contributed by atoms with Gasteiger partial charge in [-0.3, -0.25) is 10.2 Å². The van der Waals surface area contributed by atoms with Gasteiger partial charge in [0.2, 0.25) is 0 Å². The highest BCUT2D eigenvalue weighted by atomic mass is 35.5. The summed E-state index contributed by atoms with van der Waals surface area (Å²) < 4.78 is 0. The van der Waals surface area contributed by atoms with Gasteiger partial charge in [-0.15, -0.1) is 0 Å². The van der Waals surface area contributed by atoms with Gasteiger partial charge in [0.25, 0.3) is 5.91 Å². The number of para-hydroxylation sites is 1. The molecule has 0 fully saturated rings. The van der Waals surface area contributed by atoms with E-state index in [1.54, 1.807) is 18.2 Å². The van der Waals surface area contributed by atoms with Gasteiger partial charge in [0.15, 0.2) is 0 Å². The number of hydrogen-bond acceptors (Lipinski definition) is 3. The van der Waals surface area contributed by atoms with E-state index in [0.29, 0.717) is 16.3 Å². The molecule has 0 aliphatic carbocycles. The number of halogens is 1. The van der Waals surface area contributed by atoms with E-state index in [1.165, 1.54) is 0 Å². The lowest BCUT2D eigenvalue weighted by molar-refractivity contribution is 0.0955. The molecule has 4 nitrogen and oxygen atoms in total. The minimum absolute atomic E-state index is 0.344. The Balaban J connectivity index is 2.25. The number of carbonyl (C=O) groups excluding carboxylic acids is 1. The highest BCUT2D eigenvalue weighted by Gasteiger charge is 2.12. The molecule has 0 radical (unpaired) electrons. The average molecular weight is 298 g/mol. The van der Waals surface area contributed by atoms with Crippen molar-refractivity contribution in [3.63, 3.8) is 0 Å². The Morgan fingerprint density at radius 2 is 1.81 bits per heavy atom. The molecule has 0 bridgehead atoms. The van der Waals surface area contributed by atoms with E-state index < -0.39 is 0 Å². The lowest BCUT2D eigenvalue weighted by Crippen LogP contribution is -2.30. The van der Waals surface area contributed by atoms with Crippen molar-refractivity contribution < 1.29 is 4.79 Å². The summed E-state index contributed by atoms with van der Waals surface area (Å²) in [7, 11) is 0. The predicted octanol–water partition coefficient (Wildman–Crippen LogP) is 3.16. The fourth-order valence-electron chi connectivity index (χ4n) is 2.21. The first-order valence-corrected chi connectivity index (χ1v) is 6.73. The first-order valence-electron chi connectivity index (χ1n) is 6.36. The van der Waals surface area contributed by atoms with Crippen molar-refractivity contribution in [2.75, 3.05) is 0 Å². The predicted molar refractivity (Wildman–Crippen MR) is 83.8 cm³/mol. The molecule has 2 aromatic carbocycles. The molecule has 3 aromatic rings. The minimum Gasteiger partial charge on any atom is -0.290 e. The molecule has 0 saturated heterocycles. The number of aromatic nitrogens is 1. The Morgan fingerprint density at radius 1 is 1.10 bits per heavy atom. The van der Waals surface area contributed by atoms with Crippen LogP contribution in [0.1, 0.15) is 10.4 Å². The number of nitrogens with zero attached hydrogens (tertiary/aromatic N) is 1. The third-order valence-electron chi connectivity index (χ3n) is 3.23. The molecule has 3 rings (SSSR count). The summed E-state index contributed by atoms with van der Waals surface area (Å²) in [5.74, 6) is 4.92. The normalized spacial score (nSPS) is 10.6. The number of nitrogen functional groups attached to an aromatic ring is 1. The molecule has 3 N–H and O–H groups in total. The Labute approximate surface area is 126 Å². The van der Waals surface area contributed by atoms with Crippen LogP contribution in [-0.4, -0.2) is 10.9 Å². The maximum Gasteiger partial charge on any atom is 0.265 e. The third-order valence-corrected chi connectivity index (χ3v) is 3.48. The first-order chi connectivity index (χ1) is 10.2. The zero-order valence-corrected chi connectivity index (χ0v) is 11.8. The van der Waals surface area contributed by atoms with Crippen LogP contribution >= 0.6 is 11.6 Å². The summed E-state index contributed by atoms with van der Waals surface area (Å²) in [5.41, 5.74) is 4.99. The van der Waals surface area contributed by atoms with Gasteiger partial charge < -0.3 is 0 Å². The molecule has 5 heteroatoms. The molecule has 0 aliphatic heterocycles. The van der Waals surface area contributed by atoms with Crippen LogP contribution in [0.5, 0.6) is 0 Å². The van der Waals surface area contributed by atoms with Gasteiger partial charge >= 0.3 is 0 Å². The number of rotatable bonds is 2. The van der Waals surface area contributed by atoms with Crippen LogP contribution in [0.15, 0.2) is 54.6 Å². The van der Waals surface area contributed by atoms with Crippen LogP contribution in [0.4, 0.5) is 0 Å². The quantitative estimate of drug-likeness (QED) is 0.434. The van der Waals surface area contributed by atoms with Crippen molar-refractivity contribution in [2.45, 2.75) is 0 Å². The standard InChI is InChI=1S/C16H12ClN3O/c17-11-7-5-10(6-8-11)15-9-13(16(21)20-18)12-3-1-2-4-14(12)19-15/h1-9H,18H2,(H,20,21). The van der Waals surface area contributed by atoms with Crippen molar-refractivity contribution in [2.24, 2.45) is 5.84 Å². The van der Waals surface area contributed by atoms with Gasteiger partial charge in [-0.1, -0.05) is 41.9 Å². The summed E-state index contributed by atoms with van der Waals surface area (Å²) in [6, 6.07) is 16.5. The molecule has 1 heterocycles. The maximum absolute atomic E-state index is 12.0. The number of hydrogen-bond donors (Lipinski definition) is 2. The topological polar surface area (TPSA) is 68.0 Å². The number of nitrogens with two attached hydrogens (primary N) is 1. The molecule has 104 valence electrons. The summed E-state index contributed by atoms with van der Waals surface area (Å²) in [4.78, 5) is 16.6. The summed E-state index contributed by atoms with van der Waals surface area (Å²) in [5, 5.41) is 1.41. The second-order valence-electron chi connectivity index (χ2n) is 4.55. The van der Waals surface area contributed by atoms with Crippen molar-refractivity contribution in [1.82, 2.24) is 10.4 Å². The van der Waals surface area contributed by atoms with E-state index in [-0.39, 0.29) is 5.91 Å². The molecular formula is C16H12ClN3O. The van der Waals surface area contributed by atoms with Gasteiger partial charge in [0, 0.05) is 16.0 Å². The highest BCUT2D eigenvalue weighted by molar-refractivity contribution is 6.30. The molecular weight excluding hydrogens is 286 g/mol. The maximum atomic E-state index is 12.0. The summed E-state index contributed by atoms with van der Waals surface area (Å²) in [6.07, 6.45) is 0. The molecule has 21 heavy (non-hydrogen) atoms. The minimum atomic E-state index is -0.344. The smallest absolute Gasteiger partial charge is 0.265 e. The van der Waals surface area contributed by atoms with E-state index in [0.717, 1.165) is 16.5 Å². The monoisotopic (exact) mass is 297 g/mol. The first kappa shape index (κ1) is 13.5. The van der Waals surface area contributed by atoms with E-state index in [9.17, 15) is 4.79 Å². The molecule has 0 aliphatic rings. The molecule has 1 amide bonds. The average Bonchev–Trinajstić information content (AvgIpc) is 2.53. The van der Waals surface area contributed by atoms with Gasteiger partial charge in [-0.2, -0.15) is 0 Å². The Morgan fingerprint density at radius 3 is 2.52 bits per heavy atom. The van der Waals surface area contributed by atoms with Crippen LogP contribution in [0.2, 0.25) is 5.02 Å². The largest absolute Gasteiger partial charge is 0.290 e. The van der Waals surface area contributed by atoms with Crippen molar-refractivity contribution >= 4 is 28.4 Å². The van der Waals surface area contributed by atoms with E-state index in [1.807, 2.05) is 36.4 Å². The number of amides is 1. The summed E-state index contributed by atoms with van der Waals surface area (Å²) in [6.45, 7) is 0. The van der Waals surface area contributed by atoms with Gasteiger partial charge in [-0.25, -0.2) is 10.8 Å². The van der Waals surface area contributed by atoms with E-state index >= 15 is 0 Å². The number of nitrogens with one attached hydrogen (secondary N) is 1. The van der Waals surface area contributed by atoms with Gasteiger partial charge in [0.1, 0.15) is 0 Å². The zero-order valence-electron chi connectivity index (χ0n) is 11.0. The SMILES string of the molecule is NNC(=O)c1cc(-c2ccc(Cl)cc2)nc2ccccc12. The molecule has 0 unspecified atom stereocenters. The van der Waals surface area contributed by atoms with Crippen LogP contribution < -0.4 is 11.3 Å². The molecule has 1 aromatic heterocycles. The number of pyridine rings is 1. The van der Waals surface area contributed by atoms with Gasteiger partial charge in [-0.05, 0) is 24.3 Å². The summed E-state index contributed by atoms with van der Waals surface area (Å²) >= 11 is 5.90. The Bertz CT molecular complexity index is 815. The van der Waals surface area contributed by atoms with Crippen LogP contribution in [0.25, 0.3) is 22.2 Å². The van der Waals surface area contributed by atoms with Crippen molar-refractivity contribution in [3.05, 3.63) is 65.2 Å². The molecule has 0 atom stereocenters. The lowest BCUT2D eigenvalue weighted by Gasteiger charge is -2.09. The number of benzene rings is 2. The van der Waals surface area contributed by atoms with Crippen LogP contribution in [0, 0.1) is 0 Å². The Hall–Kier alpha value is -2.43. The van der Waals surface area contributed by atoms with E-state index in [2.05, 4.69) is 10.4 Å². The second kappa shape index (κ2) is 5.52. The van der Waals surface area contributed by atoms with Crippen molar-refractivity contribution in [1.29, 1.82) is 0 Å². The lowest BCUT2D eigenvalue weighted by atomic mass is 10.0. The highest BCUT2D eigenvalue weighted by Crippen LogP contribution is 2.25. The van der Waals surface area contributed by atoms with Gasteiger partial charge in [0.05, 0.1) is 16.8 Å². The number of hydrazine groups is 1. The molecule has 0 spiro atoms. The fourth-order valence-corrected chi connectivity index (χ4v) is 2.34. The van der Waals surface area contributed by atoms with E-state index in [4.69, 9.17) is 17.4 Å². The van der Waals surface area contributed by atoms with Crippen LogP contribution in [-0.2, 0) is 0 Å².